The first-order valence-electron chi connectivity index (χ1n) is 6.18. The highest BCUT2D eigenvalue weighted by atomic mass is 35.5. The largest absolute Gasteiger partial charge is 0.123 e. The van der Waals surface area contributed by atoms with Crippen LogP contribution in [0.4, 0.5) is 0 Å². The van der Waals surface area contributed by atoms with Crippen LogP contribution in [0.1, 0.15) is 52.9 Å². The number of rotatable bonds is 0. The third-order valence-electron chi connectivity index (χ3n) is 5.33. The van der Waals surface area contributed by atoms with Crippen molar-refractivity contribution in [1.82, 2.24) is 0 Å². The lowest BCUT2D eigenvalue weighted by atomic mass is 9.53. The zero-order valence-corrected chi connectivity index (χ0v) is 10.5. The standard InChI is InChI=1S/C13H23Cl/c1-9-4-5-11-8-12(14)6-7-13(11,3)10(9)2/h9-12H,4-8H2,1-3H3/t9-,10+,11+,12+,13+/m0/s1. The van der Waals surface area contributed by atoms with Crippen LogP contribution in [0.25, 0.3) is 0 Å². The highest BCUT2D eigenvalue weighted by Gasteiger charge is 2.47. The Morgan fingerprint density at radius 3 is 2.57 bits per heavy atom. The van der Waals surface area contributed by atoms with E-state index in [1.807, 2.05) is 0 Å². The molecule has 0 amide bonds. The molecule has 14 heavy (non-hydrogen) atoms. The quantitative estimate of drug-likeness (QED) is 0.522. The van der Waals surface area contributed by atoms with Gasteiger partial charge in [0.1, 0.15) is 0 Å². The van der Waals surface area contributed by atoms with Crippen LogP contribution in [0.5, 0.6) is 0 Å². The summed E-state index contributed by atoms with van der Waals surface area (Å²) in [5, 5.41) is 0.466. The second kappa shape index (κ2) is 3.70. The van der Waals surface area contributed by atoms with Gasteiger partial charge in [-0.25, -0.2) is 0 Å². The van der Waals surface area contributed by atoms with Gasteiger partial charge in [-0.15, -0.1) is 11.6 Å². The average molecular weight is 215 g/mol. The van der Waals surface area contributed by atoms with E-state index in [0.717, 1.165) is 17.8 Å². The Kier molecular flexibility index (Phi) is 2.85. The van der Waals surface area contributed by atoms with E-state index in [2.05, 4.69) is 20.8 Å². The van der Waals surface area contributed by atoms with Crippen molar-refractivity contribution in [2.45, 2.75) is 58.3 Å². The second-order valence-electron chi connectivity index (χ2n) is 5.92. The fourth-order valence-corrected chi connectivity index (χ4v) is 4.10. The molecule has 0 aromatic rings. The predicted molar refractivity (Wildman–Crippen MR) is 62.7 cm³/mol. The van der Waals surface area contributed by atoms with Crippen molar-refractivity contribution in [2.24, 2.45) is 23.2 Å². The Bertz CT molecular complexity index is 213. The minimum Gasteiger partial charge on any atom is -0.123 e. The number of hydrogen-bond acceptors (Lipinski definition) is 0. The Morgan fingerprint density at radius 2 is 1.86 bits per heavy atom. The molecule has 0 bridgehead atoms. The zero-order valence-electron chi connectivity index (χ0n) is 9.72. The van der Waals surface area contributed by atoms with Crippen LogP contribution < -0.4 is 0 Å². The summed E-state index contributed by atoms with van der Waals surface area (Å²) >= 11 is 6.28. The van der Waals surface area contributed by atoms with Crippen molar-refractivity contribution in [3.05, 3.63) is 0 Å². The molecule has 0 heterocycles. The molecule has 0 nitrogen and oxygen atoms in total. The van der Waals surface area contributed by atoms with Crippen LogP contribution in [0, 0.1) is 23.2 Å². The number of hydrogen-bond donors (Lipinski definition) is 0. The van der Waals surface area contributed by atoms with Crippen molar-refractivity contribution in [3.8, 4) is 0 Å². The first-order chi connectivity index (χ1) is 6.54. The smallest absolute Gasteiger partial charge is 0.0339 e. The van der Waals surface area contributed by atoms with Gasteiger partial charge in [0.2, 0.25) is 0 Å². The van der Waals surface area contributed by atoms with Crippen LogP contribution in [-0.2, 0) is 0 Å². The first kappa shape index (κ1) is 10.8. The molecule has 0 N–H and O–H groups in total. The molecule has 0 aliphatic heterocycles. The molecule has 82 valence electrons. The van der Waals surface area contributed by atoms with Crippen molar-refractivity contribution < 1.29 is 0 Å². The van der Waals surface area contributed by atoms with E-state index in [9.17, 15) is 0 Å². The van der Waals surface area contributed by atoms with E-state index in [1.165, 1.54) is 32.1 Å². The molecule has 0 saturated heterocycles. The minimum absolute atomic E-state index is 0.466. The van der Waals surface area contributed by atoms with Gasteiger partial charge >= 0.3 is 0 Å². The van der Waals surface area contributed by atoms with Crippen LogP contribution in [-0.4, -0.2) is 5.38 Å². The highest BCUT2D eigenvalue weighted by molar-refractivity contribution is 6.20. The van der Waals surface area contributed by atoms with Gasteiger partial charge in [0.05, 0.1) is 0 Å². The predicted octanol–water partition coefficient (Wildman–Crippen LogP) is 4.47. The number of alkyl halides is 1. The lowest BCUT2D eigenvalue weighted by molar-refractivity contribution is -0.0187. The van der Waals surface area contributed by atoms with Crippen LogP contribution in [0.15, 0.2) is 0 Å². The second-order valence-corrected chi connectivity index (χ2v) is 6.53. The summed E-state index contributed by atoms with van der Waals surface area (Å²) in [6.07, 6.45) is 6.72. The van der Waals surface area contributed by atoms with Crippen LogP contribution in [0.3, 0.4) is 0 Å². The summed E-state index contributed by atoms with van der Waals surface area (Å²) in [6, 6.07) is 0. The third-order valence-corrected chi connectivity index (χ3v) is 5.73. The summed E-state index contributed by atoms with van der Waals surface area (Å²) in [7, 11) is 0. The van der Waals surface area contributed by atoms with Gasteiger partial charge in [-0.1, -0.05) is 27.2 Å². The Balaban J connectivity index is 2.16. The van der Waals surface area contributed by atoms with Gasteiger partial charge in [-0.3, -0.25) is 0 Å². The van der Waals surface area contributed by atoms with Crippen molar-refractivity contribution in [2.75, 3.05) is 0 Å². The fourth-order valence-electron chi connectivity index (χ4n) is 3.78. The molecule has 0 spiro atoms. The Labute approximate surface area is 93.4 Å². The molecular formula is C13H23Cl. The van der Waals surface area contributed by atoms with Gasteiger partial charge in [0.15, 0.2) is 0 Å². The first-order valence-corrected chi connectivity index (χ1v) is 6.61. The molecule has 5 atom stereocenters. The molecule has 0 radical (unpaired) electrons. The normalized spacial score (nSPS) is 54.0. The minimum atomic E-state index is 0.466. The number of fused-ring (bicyclic) bond motifs is 1. The maximum atomic E-state index is 6.28. The van der Waals surface area contributed by atoms with Gasteiger partial charge in [-0.05, 0) is 48.9 Å². The van der Waals surface area contributed by atoms with E-state index >= 15 is 0 Å². The topological polar surface area (TPSA) is 0 Å². The number of halogens is 1. The maximum absolute atomic E-state index is 6.28. The summed E-state index contributed by atoms with van der Waals surface area (Å²) < 4.78 is 0. The van der Waals surface area contributed by atoms with Gasteiger partial charge < -0.3 is 0 Å². The van der Waals surface area contributed by atoms with Gasteiger partial charge in [-0.2, -0.15) is 0 Å². The molecule has 1 heteroatoms. The molecule has 0 aromatic heterocycles. The van der Waals surface area contributed by atoms with Crippen molar-refractivity contribution in [3.63, 3.8) is 0 Å². The van der Waals surface area contributed by atoms with Crippen LogP contribution >= 0.6 is 11.6 Å². The summed E-state index contributed by atoms with van der Waals surface area (Å²) in [6.45, 7) is 7.41. The Hall–Kier alpha value is 0.290. The summed E-state index contributed by atoms with van der Waals surface area (Å²) in [5.41, 5.74) is 0.600. The van der Waals surface area contributed by atoms with Crippen LogP contribution in [0.2, 0.25) is 0 Å². The summed E-state index contributed by atoms with van der Waals surface area (Å²) in [5.74, 6) is 2.72. The van der Waals surface area contributed by atoms with E-state index < -0.39 is 0 Å². The van der Waals surface area contributed by atoms with Crippen molar-refractivity contribution in [1.29, 1.82) is 0 Å². The molecule has 0 aromatic carbocycles. The molecule has 2 aliphatic carbocycles. The maximum Gasteiger partial charge on any atom is 0.0339 e. The van der Waals surface area contributed by atoms with Crippen molar-refractivity contribution >= 4 is 11.6 Å². The average Bonchev–Trinajstić information content (AvgIpc) is 2.16. The zero-order chi connectivity index (χ0) is 10.3. The molecule has 2 aliphatic rings. The van der Waals surface area contributed by atoms with E-state index in [1.54, 1.807) is 0 Å². The van der Waals surface area contributed by atoms with Gasteiger partial charge in [0.25, 0.3) is 0 Å². The van der Waals surface area contributed by atoms with E-state index in [4.69, 9.17) is 11.6 Å². The van der Waals surface area contributed by atoms with Gasteiger partial charge in [0, 0.05) is 5.38 Å². The lowest BCUT2D eigenvalue weighted by Gasteiger charge is -2.53. The Morgan fingerprint density at radius 1 is 1.14 bits per heavy atom. The SMILES string of the molecule is C[C@@H]1[C@@H](C)CC[C@@H]2C[C@H](Cl)CC[C@@]21C. The lowest BCUT2D eigenvalue weighted by Crippen LogP contribution is -2.45. The molecule has 0 unspecified atom stereocenters. The molecule has 2 saturated carbocycles. The monoisotopic (exact) mass is 214 g/mol. The third kappa shape index (κ3) is 1.60. The molecular weight excluding hydrogens is 192 g/mol. The highest BCUT2D eigenvalue weighted by Crippen LogP contribution is 2.55. The molecule has 2 rings (SSSR count). The van der Waals surface area contributed by atoms with E-state index in [-0.39, 0.29) is 0 Å². The van der Waals surface area contributed by atoms with E-state index in [0.29, 0.717) is 10.8 Å². The molecule has 2 fully saturated rings. The fraction of sp³-hybridized carbons (Fsp3) is 1.00. The summed E-state index contributed by atoms with van der Waals surface area (Å²) in [4.78, 5) is 0.